The van der Waals surface area contributed by atoms with Crippen LogP contribution in [-0.2, 0) is 11.3 Å². The smallest absolute Gasteiger partial charge is 0.322 e. The second-order valence-corrected chi connectivity index (χ2v) is 9.41. The van der Waals surface area contributed by atoms with Gasteiger partial charge in [0.2, 0.25) is 5.79 Å². The molecule has 37 heavy (non-hydrogen) atoms. The Balaban J connectivity index is 1.23. The van der Waals surface area contributed by atoms with Crippen molar-refractivity contribution in [3.63, 3.8) is 0 Å². The molecular formula is C28H27F2N3O4. The number of benzene rings is 3. The Kier molecular flexibility index (Phi) is 6.55. The van der Waals surface area contributed by atoms with Crippen LogP contribution < -0.4 is 10.1 Å². The quantitative estimate of drug-likeness (QED) is 0.525. The van der Waals surface area contributed by atoms with Crippen molar-refractivity contribution in [2.75, 3.05) is 32.5 Å². The number of fused-ring (bicyclic) bond motifs is 1. The average molecular weight is 508 g/mol. The second kappa shape index (κ2) is 9.82. The molecule has 7 nitrogen and oxygen atoms in total. The first-order valence-corrected chi connectivity index (χ1v) is 12.0. The van der Waals surface area contributed by atoms with Gasteiger partial charge in [0.15, 0.2) is 0 Å². The van der Waals surface area contributed by atoms with Gasteiger partial charge in [-0.3, -0.25) is 4.79 Å². The van der Waals surface area contributed by atoms with Crippen LogP contribution in [0.25, 0.3) is 11.1 Å². The Morgan fingerprint density at radius 2 is 1.59 bits per heavy atom. The molecule has 1 saturated heterocycles. The van der Waals surface area contributed by atoms with Gasteiger partial charge in [0.25, 0.3) is 5.91 Å². The average Bonchev–Trinajstić information content (AvgIpc) is 2.90. The first-order valence-electron chi connectivity index (χ1n) is 12.0. The maximum absolute atomic E-state index is 13.9. The van der Waals surface area contributed by atoms with Crippen molar-refractivity contribution in [3.8, 4) is 16.9 Å². The van der Waals surface area contributed by atoms with E-state index in [1.54, 1.807) is 14.1 Å². The van der Waals surface area contributed by atoms with Crippen molar-refractivity contribution in [1.29, 1.82) is 0 Å². The number of hydrogen-bond donors (Lipinski definition) is 1. The molecule has 3 aromatic rings. The SMILES string of the molecule is CN(C)C(=O)c1ccc(-c2ccc3c(c2)COC2(CCN(C(=O)Nc4c(F)cccc4F)CC2)O3)cc1. The summed E-state index contributed by atoms with van der Waals surface area (Å²) in [5, 5.41) is 2.33. The summed E-state index contributed by atoms with van der Waals surface area (Å²) in [7, 11) is 3.44. The summed E-state index contributed by atoms with van der Waals surface area (Å²) >= 11 is 0. The van der Waals surface area contributed by atoms with Gasteiger partial charge in [-0.25, -0.2) is 13.6 Å². The maximum Gasteiger partial charge on any atom is 0.322 e. The topological polar surface area (TPSA) is 71.1 Å². The summed E-state index contributed by atoms with van der Waals surface area (Å²) in [5.74, 6) is -1.83. The van der Waals surface area contributed by atoms with Crippen LogP contribution in [0.3, 0.4) is 0 Å². The van der Waals surface area contributed by atoms with E-state index in [0.717, 1.165) is 34.6 Å². The van der Waals surface area contributed by atoms with E-state index in [9.17, 15) is 18.4 Å². The number of ether oxygens (including phenoxy) is 2. The molecule has 2 aliphatic rings. The Morgan fingerprint density at radius 1 is 0.946 bits per heavy atom. The number of amides is 3. The molecule has 2 aliphatic heterocycles. The second-order valence-electron chi connectivity index (χ2n) is 9.41. The summed E-state index contributed by atoms with van der Waals surface area (Å²) in [5.41, 5.74) is 3.04. The summed E-state index contributed by atoms with van der Waals surface area (Å²) < 4.78 is 40.2. The van der Waals surface area contributed by atoms with Crippen LogP contribution in [0.2, 0.25) is 0 Å². The van der Waals surface area contributed by atoms with Crippen molar-refractivity contribution in [3.05, 3.63) is 83.4 Å². The molecule has 5 rings (SSSR count). The van der Waals surface area contributed by atoms with Crippen molar-refractivity contribution >= 4 is 17.6 Å². The molecule has 1 fully saturated rings. The van der Waals surface area contributed by atoms with E-state index in [-0.39, 0.29) is 5.91 Å². The molecule has 3 amide bonds. The minimum Gasteiger partial charge on any atom is -0.462 e. The van der Waals surface area contributed by atoms with Gasteiger partial charge in [0.05, 0.1) is 6.61 Å². The highest BCUT2D eigenvalue weighted by Gasteiger charge is 2.42. The number of urea groups is 1. The molecule has 1 spiro atoms. The molecule has 3 aromatic carbocycles. The normalized spacial score (nSPS) is 16.1. The monoisotopic (exact) mass is 507 g/mol. The van der Waals surface area contributed by atoms with Gasteiger partial charge in [-0.05, 0) is 47.5 Å². The Labute approximate surface area is 213 Å². The maximum atomic E-state index is 13.9. The minimum atomic E-state index is -0.858. The third-order valence-corrected chi connectivity index (χ3v) is 6.73. The fourth-order valence-electron chi connectivity index (χ4n) is 4.57. The third kappa shape index (κ3) is 4.99. The van der Waals surface area contributed by atoms with Crippen LogP contribution in [0.1, 0.15) is 28.8 Å². The van der Waals surface area contributed by atoms with E-state index in [4.69, 9.17) is 9.47 Å². The molecule has 0 aromatic heterocycles. The Bertz CT molecular complexity index is 1320. The van der Waals surface area contributed by atoms with Gasteiger partial charge < -0.3 is 24.6 Å². The van der Waals surface area contributed by atoms with E-state index in [1.165, 1.54) is 15.9 Å². The lowest BCUT2D eigenvalue weighted by Gasteiger charge is -2.44. The molecule has 9 heteroatoms. The van der Waals surface area contributed by atoms with Gasteiger partial charge in [-0.15, -0.1) is 0 Å². The van der Waals surface area contributed by atoms with Gasteiger partial charge in [0.1, 0.15) is 23.1 Å². The number of halogens is 2. The third-order valence-electron chi connectivity index (χ3n) is 6.73. The minimum absolute atomic E-state index is 0.0491. The molecule has 0 atom stereocenters. The van der Waals surface area contributed by atoms with E-state index in [1.807, 2.05) is 42.5 Å². The molecule has 1 N–H and O–H groups in total. The van der Waals surface area contributed by atoms with Crippen molar-refractivity contribution in [1.82, 2.24) is 9.80 Å². The highest BCUT2D eigenvalue weighted by Crippen LogP contribution is 2.39. The lowest BCUT2D eigenvalue weighted by atomic mass is 9.98. The number of piperidine rings is 1. The van der Waals surface area contributed by atoms with Gasteiger partial charge in [0, 0.05) is 51.2 Å². The predicted octanol–water partition coefficient (Wildman–Crippen LogP) is 5.27. The van der Waals surface area contributed by atoms with Crippen LogP contribution >= 0.6 is 0 Å². The molecule has 0 unspecified atom stereocenters. The predicted molar refractivity (Wildman–Crippen MR) is 134 cm³/mol. The molecule has 0 saturated carbocycles. The van der Waals surface area contributed by atoms with Crippen molar-refractivity contribution in [2.45, 2.75) is 25.2 Å². The standard InChI is InChI=1S/C28H27F2N3O4/c1-32(2)26(34)19-8-6-18(7-9-19)20-10-11-24-21(16-20)17-36-28(37-24)12-14-33(15-13-28)27(35)31-25-22(29)4-3-5-23(25)30/h3-11,16H,12-15,17H2,1-2H3,(H,31,35). The fourth-order valence-corrected chi connectivity index (χ4v) is 4.57. The number of carbonyl (C=O) groups is 2. The first kappa shape index (κ1) is 24.7. The largest absolute Gasteiger partial charge is 0.462 e. The Hall–Kier alpha value is -3.98. The van der Waals surface area contributed by atoms with Gasteiger partial charge in [-0.2, -0.15) is 0 Å². The van der Waals surface area contributed by atoms with E-state index in [0.29, 0.717) is 38.1 Å². The summed E-state index contributed by atoms with van der Waals surface area (Å²) in [4.78, 5) is 27.8. The molecule has 0 bridgehead atoms. The lowest BCUT2D eigenvalue weighted by Crippen LogP contribution is -2.53. The summed E-state index contributed by atoms with van der Waals surface area (Å²) in [6.07, 6.45) is 0.839. The number of nitrogens with one attached hydrogen (secondary N) is 1. The molecule has 192 valence electrons. The Morgan fingerprint density at radius 3 is 2.24 bits per heavy atom. The number of rotatable bonds is 3. The van der Waals surface area contributed by atoms with Crippen LogP contribution in [0, 0.1) is 11.6 Å². The zero-order valence-corrected chi connectivity index (χ0v) is 20.6. The molecular weight excluding hydrogens is 480 g/mol. The zero-order chi connectivity index (χ0) is 26.2. The number of nitrogens with zero attached hydrogens (tertiary/aromatic N) is 2. The van der Waals surface area contributed by atoms with Crippen molar-refractivity contribution in [2.24, 2.45) is 0 Å². The molecule has 2 heterocycles. The van der Waals surface area contributed by atoms with E-state index in [2.05, 4.69) is 5.32 Å². The highest BCUT2D eigenvalue weighted by atomic mass is 19.1. The summed E-state index contributed by atoms with van der Waals surface area (Å²) in [6.45, 7) is 0.980. The van der Waals surface area contributed by atoms with Crippen molar-refractivity contribution < 1.29 is 27.8 Å². The van der Waals surface area contributed by atoms with Gasteiger partial charge >= 0.3 is 6.03 Å². The number of para-hydroxylation sites is 1. The van der Waals surface area contributed by atoms with Crippen LogP contribution in [0.4, 0.5) is 19.3 Å². The number of hydrogen-bond acceptors (Lipinski definition) is 4. The van der Waals surface area contributed by atoms with E-state index < -0.39 is 29.1 Å². The molecule has 0 aliphatic carbocycles. The van der Waals surface area contributed by atoms with E-state index >= 15 is 0 Å². The number of carbonyl (C=O) groups excluding carboxylic acids is 2. The summed E-state index contributed by atoms with van der Waals surface area (Å²) in [6, 6.07) is 16.2. The number of anilines is 1. The van der Waals surface area contributed by atoms with Gasteiger partial charge in [-0.1, -0.05) is 24.3 Å². The van der Waals surface area contributed by atoms with Crippen LogP contribution in [-0.4, -0.2) is 54.7 Å². The highest BCUT2D eigenvalue weighted by molar-refractivity contribution is 5.94. The van der Waals surface area contributed by atoms with Crippen LogP contribution in [0.5, 0.6) is 5.75 Å². The fraction of sp³-hybridized carbons (Fsp3) is 0.286. The number of likely N-dealkylation sites (tertiary alicyclic amines) is 1. The molecule has 0 radical (unpaired) electrons. The zero-order valence-electron chi connectivity index (χ0n) is 20.6. The lowest BCUT2D eigenvalue weighted by molar-refractivity contribution is -0.225. The first-order chi connectivity index (χ1) is 17.7. The van der Waals surface area contributed by atoms with Crippen LogP contribution in [0.15, 0.2) is 60.7 Å².